The topological polar surface area (TPSA) is 64.4 Å². The monoisotopic (exact) mass is 430 g/mol. The lowest BCUT2D eigenvalue weighted by Crippen LogP contribution is -2.02. The fourth-order valence-corrected chi connectivity index (χ4v) is 3.09. The average molecular weight is 431 g/mol. The van der Waals surface area contributed by atoms with Crippen LogP contribution in [0.15, 0.2) is 47.6 Å². The van der Waals surface area contributed by atoms with Crippen LogP contribution < -0.4 is 9.47 Å². The molecule has 3 rings (SSSR count). The van der Waals surface area contributed by atoms with Crippen molar-refractivity contribution in [3.05, 3.63) is 69.2 Å². The van der Waals surface area contributed by atoms with Crippen molar-refractivity contribution in [2.45, 2.75) is 33.3 Å². The number of rotatable bonds is 8. The normalized spacial score (nSPS) is 11.3. The highest BCUT2D eigenvalue weighted by molar-refractivity contribution is 7.71. The van der Waals surface area contributed by atoms with Crippen LogP contribution in [0.3, 0.4) is 0 Å². The third-order valence-electron chi connectivity index (χ3n) is 4.07. The molecule has 0 unspecified atom stereocenters. The van der Waals surface area contributed by atoms with Crippen LogP contribution in [0.25, 0.3) is 0 Å². The highest BCUT2D eigenvalue weighted by atomic mass is 35.5. The molecule has 0 saturated heterocycles. The van der Waals surface area contributed by atoms with E-state index >= 15 is 0 Å². The van der Waals surface area contributed by atoms with Gasteiger partial charge in [0.1, 0.15) is 6.61 Å². The Morgan fingerprint density at radius 2 is 2.03 bits per heavy atom. The number of nitrogens with one attached hydrogen (secondary N) is 1. The minimum Gasteiger partial charge on any atom is -0.490 e. The van der Waals surface area contributed by atoms with Crippen LogP contribution in [-0.2, 0) is 6.61 Å². The number of hydrogen-bond donors (Lipinski definition) is 1. The van der Waals surface area contributed by atoms with E-state index in [9.17, 15) is 0 Å². The van der Waals surface area contributed by atoms with Crippen molar-refractivity contribution in [2.24, 2.45) is 5.10 Å². The predicted octanol–water partition coefficient (Wildman–Crippen LogP) is 5.58. The molecule has 0 fully saturated rings. The molecule has 0 atom stereocenters. The summed E-state index contributed by atoms with van der Waals surface area (Å²) in [5.41, 5.74) is 1.85. The molecule has 1 aromatic heterocycles. The summed E-state index contributed by atoms with van der Waals surface area (Å²) >= 11 is 11.3. The van der Waals surface area contributed by atoms with E-state index in [1.54, 1.807) is 10.9 Å². The number of aromatic amines is 1. The van der Waals surface area contributed by atoms with Gasteiger partial charge >= 0.3 is 0 Å². The molecule has 0 saturated carbocycles. The predicted molar refractivity (Wildman–Crippen MR) is 118 cm³/mol. The molecule has 0 bridgehead atoms. The summed E-state index contributed by atoms with van der Waals surface area (Å²) in [6.07, 6.45) is 1.72. The largest absolute Gasteiger partial charge is 0.490 e. The van der Waals surface area contributed by atoms with Crippen molar-refractivity contribution in [3.63, 3.8) is 0 Å². The van der Waals surface area contributed by atoms with Gasteiger partial charge in [0.05, 0.1) is 12.8 Å². The van der Waals surface area contributed by atoms with Gasteiger partial charge < -0.3 is 9.47 Å². The van der Waals surface area contributed by atoms with Crippen LogP contribution in [-0.4, -0.2) is 27.7 Å². The Bertz CT molecular complexity index is 1060. The fraction of sp³-hybridized carbons (Fsp3) is 0.286. The highest BCUT2D eigenvalue weighted by Gasteiger charge is 2.10. The van der Waals surface area contributed by atoms with Crippen LogP contribution in [0, 0.1) is 4.77 Å². The van der Waals surface area contributed by atoms with Crippen molar-refractivity contribution in [1.82, 2.24) is 14.9 Å². The highest BCUT2D eigenvalue weighted by Crippen LogP contribution is 2.29. The van der Waals surface area contributed by atoms with Gasteiger partial charge in [0, 0.05) is 10.9 Å². The minimum atomic E-state index is 0.196. The number of H-pyrrole nitrogens is 1. The van der Waals surface area contributed by atoms with Crippen LogP contribution in [0.2, 0.25) is 5.02 Å². The van der Waals surface area contributed by atoms with Gasteiger partial charge in [0.15, 0.2) is 17.3 Å². The molecule has 0 spiro atoms. The molecular weight excluding hydrogens is 408 g/mol. The van der Waals surface area contributed by atoms with Crippen LogP contribution in [0.5, 0.6) is 11.5 Å². The van der Waals surface area contributed by atoms with Gasteiger partial charge in [-0.05, 0) is 60.6 Å². The molecule has 6 nitrogen and oxygen atoms in total. The average Bonchev–Trinajstić information content (AvgIpc) is 3.07. The van der Waals surface area contributed by atoms with E-state index in [-0.39, 0.29) is 5.92 Å². The second-order valence-corrected chi connectivity index (χ2v) is 7.48. The maximum atomic E-state index is 6.04. The summed E-state index contributed by atoms with van der Waals surface area (Å²) in [5, 5.41) is 12.2. The van der Waals surface area contributed by atoms with Crippen molar-refractivity contribution < 1.29 is 9.47 Å². The SMILES string of the molecule is CCOc1cc(/C=N\n2c(C(C)C)n[nH]c2=S)ccc1OCc1cccc(Cl)c1. The molecule has 0 radical (unpaired) electrons. The number of aromatic nitrogens is 3. The lowest BCUT2D eigenvalue weighted by Gasteiger charge is -2.13. The first kappa shape index (κ1) is 21.1. The van der Waals surface area contributed by atoms with Crippen LogP contribution >= 0.6 is 23.8 Å². The molecule has 29 heavy (non-hydrogen) atoms. The number of benzene rings is 2. The first-order chi connectivity index (χ1) is 14.0. The summed E-state index contributed by atoms with van der Waals surface area (Å²) in [4.78, 5) is 0. The zero-order valence-corrected chi connectivity index (χ0v) is 18.1. The Hall–Kier alpha value is -2.64. The third kappa shape index (κ3) is 5.46. The number of ether oxygens (including phenoxy) is 2. The fourth-order valence-electron chi connectivity index (χ4n) is 2.69. The van der Waals surface area contributed by atoms with E-state index in [1.165, 1.54) is 0 Å². The van der Waals surface area contributed by atoms with Crippen molar-refractivity contribution in [2.75, 3.05) is 6.61 Å². The van der Waals surface area contributed by atoms with E-state index < -0.39 is 0 Å². The molecule has 2 aromatic carbocycles. The second kappa shape index (κ2) is 9.71. The molecule has 0 amide bonds. The zero-order chi connectivity index (χ0) is 20.8. The van der Waals surface area contributed by atoms with Crippen molar-refractivity contribution in [3.8, 4) is 11.5 Å². The van der Waals surface area contributed by atoms with E-state index in [0.29, 0.717) is 34.5 Å². The van der Waals surface area contributed by atoms with Gasteiger partial charge in [-0.1, -0.05) is 37.6 Å². The Balaban J connectivity index is 1.80. The zero-order valence-electron chi connectivity index (χ0n) is 16.6. The summed E-state index contributed by atoms with van der Waals surface area (Å²) in [6, 6.07) is 13.3. The van der Waals surface area contributed by atoms with Gasteiger partial charge in [-0.15, -0.1) is 0 Å². The molecule has 152 valence electrons. The Morgan fingerprint density at radius 1 is 1.21 bits per heavy atom. The summed E-state index contributed by atoms with van der Waals surface area (Å²) in [7, 11) is 0. The molecule has 3 aromatic rings. The minimum absolute atomic E-state index is 0.196. The second-order valence-electron chi connectivity index (χ2n) is 6.66. The van der Waals surface area contributed by atoms with E-state index in [2.05, 4.69) is 15.3 Å². The summed E-state index contributed by atoms with van der Waals surface area (Å²) in [5.74, 6) is 2.28. The van der Waals surface area contributed by atoms with E-state index in [1.807, 2.05) is 63.2 Å². The molecule has 0 aliphatic carbocycles. The Kier molecular flexibility index (Phi) is 7.06. The first-order valence-corrected chi connectivity index (χ1v) is 10.1. The summed E-state index contributed by atoms with van der Waals surface area (Å²) < 4.78 is 13.8. The quantitative estimate of drug-likeness (QED) is 0.374. The molecule has 0 aliphatic rings. The van der Waals surface area contributed by atoms with E-state index in [0.717, 1.165) is 17.0 Å². The van der Waals surface area contributed by atoms with Crippen molar-refractivity contribution in [1.29, 1.82) is 0 Å². The Morgan fingerprint density at radius 3 is 2.76 bits per heavy atom. The smallest absolute Gasteiger partial charge is 0.216 e. The lowest BCUT2D eigenvalue weighted by atomic mass is 10.2. The van der Waals surface area contributed by atoms with Crippen LogP contribution in [0.1, 0.15) is 43.6 Å². The Labute approximate surface area is 180 Å². The summed E-state index contributed by atoms with van der Waals surface area (Å²) in [6.45, 7) is 6.93. The van der Waals surface area contributed by atoms with Gasteiger partial charge in [-0.25, -0.2) is 0 Å². The maximum absolute atomic E-state index is 6.04. The van der Waals surface area contributed by atoms with Crippen molar-refractivity contribution >= 4 is 30.0 Å². The number of hydrogen-bond acceptors (Lipinski definition) is 5. The van der Waals surface area contributed by atoms with Gasteiger partial charge in [-0.2, -0.15) is 14.9 Å². The number of halogens is 1. The third-order valence-corrected chi connectivity index (χ3v) is 4.56. The molecule has 1 N–H and O–H groups in total. The number of nitrogens with zero attached hydrogens (tertiary/aromatic N) is 3. The lowest BCUT2D eigenvalue weighted by molar-refractivity contribution is 0.269. The van der Waals surface area contributed by atoms with Gasteiger partial charge in [-0.3, -0.25) is 5.10 Å². The van der Waals surface area contributed by atoms with E-state index in [4.69, 9.17) is 33.3 Å². The molecule has 1 heterocycles. The van der Waals surface area contributed by atoms with Crippen LogP contribution in [0.4, 0.5) is 0 Å². The first-order valence-electron chi connectivity index (χ1n) is 9.33. The van der Waals surface area contributed by atoms with Gasteiger partial charge in [0.25, 0.3) is 0 Å². The standard InChI is InChI=1S/C21H23ClN4O2S/c1-4-27-19-11-15(12-23-26-20(14(2)3)24-25-21(26)29)8-9-18(19)28-13-16-6-5-7-17(22)10-16/h5-12,14H,4,13H2,1-3H3,(H,25,29)/b23-12-. The maximum Gasteiger partial charge on any atom is 0.216 e. The van der Waals surface area contributed by atoms with Gasteiger partial charge in [0.2, 0.25) is 4.77 Å². The molecular formula is C21H23ClN4O2S. The molecule has 8 heteroatoms. The molecule has 0 aliphatic heterocycles.